The maximum atomic E-state index is 12.0. The van der Waals surface area contributed by atoms with Crippen LogP contribution < -0.4 is 15.4 Å². The maximum Gasteiger partial charge on any atom is 0.224 e. The number of carbonyl (C=O) groups is 1. The Hall–Kier alpha value is -2.12. The molecule has 3 rings (SSSR count). The van der Waals surface area contributed by atoms with Gasteiger partial charge in [0.05, 0.1) is 30.4 Å². The first-order chi connectivity index (χ1) is 11.2. The summed E-state index contributed by atoms with van der Waals surface area (Å²) in [6.45, 7) is 2.81. The maximum absolute atomic E-state index is 12.0. The fraction of sp³-hybridized carbons (Fsp3) is 0.438. The van der Waals surface area contributed by atoms with Gasteiger partial charge in [-0.05, 0) is 25.1 Å². The van der Waals surface area contributed by atoms with E-state index in [0.717, 1.165) is 31.7 Å². The van der Waals surface area contributed by atoms with E-state index < -0.39 is 0 Å². The zero-order valence-corrected chi connectivity index (χ0v) is 14.4. The average molecular weight is 352 g/mol. The van der Waals surface area contributed by atoms with E-state index in [-0.39, 0.29) is 18.3 Å². The second-order valence-corrected chi connectivity index (χ2v) is 5.52. The summed E-state index contributed by atoms with van der Waals surface area (Å²) in [5.41, 5.74) is 2.82. The van der Waals surface area contributed by atoms with Crippen LogP contribution in [0.5, 0.6) is 5.88 Å². The van der Waals surface area contributed by atoms with Gasteiger partial charge in [0, 0.05) is 32.0 Å². The highest BCUT2D eigenvalue weighted by Gasteiger charge is 2.12. The smallest absolute Gasteiger partial charge is 0.224 e. The van der Waals surface area contributed by atoms with E-state index in [0.29, 0.717) is 24.4 Å². The van der Waals surface area contributed by atoms with Crippen LogP contribution in [0.1, 0.15) is 24.2 Å². The molecule has 3 heterocycles. The van der Waals surface area contributed by atoms with Crippen molar-refractivity contribution in [2.45, 2.75) is 32.4 Å². The topological polar surface area (TPSA) is 81.1 Å². The van der Waals surface area contributed by atoms with Gasteiger partial charge in [-0.2, -0.15) is 5.10 Å². The van der Waals surface area contributed by atoms with Crippen molar-refractivity contribution in [3.8, 4) is 5.88 Å². The van der Waals surface area contributed by atoms with Gasteiger partial charge in [0.1, 0.15) is 0 Å². The molecule has 1 aliphatic heterocycles. The van der Waals surface area contributed by atoms with Gasteiger partial charge in [0.15, 0.2) is 0 Å². The van der Waals surface area contributed by atoms with Gasteiger partial charge in [-0.25, -0.2) is 4.98 Å². The summed E-state index contributed by atoms with van der Waals surface area (Å²) in [5, 5.41) is 10.8. The molecule has 0 aromatic carbocycles. The molecule has 8 heteroatoms. The number of carbonyl (C=O) groups excluding carboxylic acids is 1. The minimum atomic E-state index is -0.0433. The molecule has 2 aromatic rings. The van der Waals surface area contributed by atoms with Gasteiger partial charge in [-0.1, -0.05) is 0 Å². The predicted octanol–water partition coefficient (Wildman–Crippen LogP) is 1.77. The first kappa shape index (κ1) is 18.2. The number of hydrogen-bond acceptors (Lipinski definition) is 5. The normalized spacial score (nSPS) is 13.4. The Balaban J connectivity index is 0.00000208. The number of methoxy groups -OCH3 is 1. The van der Waals surface area contributed by atoms with E-state index in [1.807, 2.05) is 4.68 Å². The second kappa shape index (κ2) is 8.65. The van der Waals surface area contributed by atoms with Crippen molar-refractivity contribution >= 4 is 24.0 Å². The van der Waals surface area contributed by atoms with Crippen molar-refractivity contribution in [2.24, 2.45) is 0 Å². The number of hydrogen-bond donors (Lipinski definition) is 2. The van der Waals surface area contributed by atoms with E-state index in [1.54, 1.807) is 25.4 Å². The molecule has 0 saturated carbocycles. The predicted molar refractivity (Wildman–Crippen MR) is 93.5 cm³/mol. The van der Waals surface area contributed by atoms with Crippen molar-refractivity contribution in [2.75, 3.05) is 19.0 Å². The number of ether oxygens (including phenoxy) is 1. The molecule has 0 aliphatic carbocycles. The lowest BCUT2D eigenvalue weighted by molar-refractivity contribution is -0.116. The van der Waals surface area contributed by atoms with Crippen LogP contribution in [0.15, 0.2) is 24.4 Å². The van der Waals surface area contributed by atoms with E-state index in [9.17, 15) is 4.79 Å². The Morgan fingerprint density at radius 3 is 3.08 bits per heavy atom. The highest BCUT2D eigenvalue weighted by molar-refractivity contribution is 5.90. The highest BCUT2D eigenvalue weighted by Crippen LogP contribution is 2.13. The number of halogens is 1. The van der Waals surface area contributed by atoms with E-state index in [1.165, 1.54) is 5.69 Å². The molecule has 0 unspecified atom stereocenters. The number of amides is 1. The third-order valence-electron chi connectivity index (χ3n) is 3.78. The fourth-order valence-electron chi connectivity index (χ4n) is 2.58. The number of aryl methyl sites for hydroxylation is 2. The first-order valence-electron chi connectivity index (χ1n) is 7.81. The highest BCUT2D eigenvalue weighted by atomic mass is 35.5. The van der Waals surface area contributed by atoms with Gasteiger partial charge in [-0.3, -0.25) is 9.48 Å². The van der Waals surface area contributed by atoms with Gasteiger partial charge in [0.2, 0.25) is 11.8 Å². The summed E-state index contributed by atoms with van der Waals surface area (Å²) < 4.78 is 7.03. The van der Waals surface area contributed by atoms with Crippen molar-refractivity contribution in [3.05, 3.63) is 35.8 Å². The van der Waals surface area contributed by atoms with Crippen LogP contribution in [0.2, 0.25) is 0 Å². The summed E-state index contributed by atoms with van der Waals surface area (Å²) in [5.74, 6) is 0.481. The molecule has 1 aliphatic rings. The Morgan fingerprint density at radius 2 is 2.33 bits per heavy atom. The monoisotopic (exact) mass is 351 g/mol. The van der Waals surface area contributed by atoms with Crippen LogP contribution in [-0.4, -0.2) is 34.3 Å². The summed E-state index contributed by atoms with van der Waals surface area (Å²) in [4.78, 5) is 16.1. The minimum Gasteiger partial charge on any atom is -0.481 e. The van der Waals surface area contributed by atoms with E-state index in [2.05, 4.69) is 26.8 Å². The number of fused-ring (bicyclic) bond motifs is 1. The minimum absolute atomic E-state index is 0. The van der Waals surface area contributed by atoms with Crippen LogP contribution >= 0.6 is 12.4 Å². The first-order valence-corrected chi connectivity index (χ1v) is 7.81. The van der Waals surface area contributed by atoms with Crippen LogP contribution in [-0.2, 0) is 24.3 Å². The van der Waals surface area contributed by atoms with E-state index >= 15 is 0 Å². The quantitative estimate of drug-likeness (QED) is 0.858. The number of pyridine rings is 1. The number of aromatic nitrogens is 3. The largest absolute Gasteiger partial charge is 0.481 e. The molecular weight excluding hydrogens is 330 g/mol. The van der Waals surface area contributed by atoms with Crippen LogP contribution in [0.3, 0.4) is 0 Å². The third-order valence-corrected chi connectivity index (χ3v) is 3.78. The van der Waals surface area contributed by atoms with Crippen molar-refractivity contribution in [1.29, 1.82) is 0 Å². The molecular formula is C16H22ClN5O2. The van der Waals surface area contributed by atoms with Crippen LogP contribution in [0.4, 0.5) is 5.69 Å². The van der Waals surface area contributed by atoms with E-state index in [4.69, 9.17) is 4.74 Å². The van der Waals surface area contributed by atoms with Gasteiger partial charge >= 0.3 is 0 Å². The van der Waals surface area contributed by atoms with Gasteiger partial charge in [-0.15, -0.1) is 12.4 Å². The van der Waals surface area contributed by atoms with Crippen molar-refractivity contribution in [3.63, 3.8) is 0 Å². The standard InChI is InChI=1S/C16H21N5O2.ClH/c1-23-16-6-4-13(10-18-16)19-15(22)5-3-12-9-14-11-17-7-2-8-21(14)20-12;/h4,6,9-10,17H,2-3,5,7-8,11H2,1H3,(H,19,22);1H. The molecule has 0 spiro atoms. The Morgan fingerprint density at radius 1 is 1.46 bits per heavy atom. The lowest BCUT2D eigenvalue weighted by atomic mass is 10.2. The molecule has 130 valence electrons. The molecule has 0 saturated heterocycles. The Bertz CT molecular complexity index is 648. The number of nitrogens with one attached hydrogen (secondary N) is 2. The molecule has 2 N–H and O–H groups in total. The molecule has 24 heavy (non-hydrogen) atoms. The fourth-order valence-corrected chi connectivity index (χ4v) is 2.58. The molecule has 7 nitrogen and oxygen atoms in total. The second-order valence-electron chi connectivity index (χ2n) is 5.52. The van der Waals surface area contributed by atoms with Crippen LogP contribution in [0.25, 0.3) is 0 Å². The van der Waals surface area contributed by atoms with Crippen molar-refractivity contribution in [1.82, 2.24) is 20.1 Å². The van der Waals surface area contributed by atoms with Crippen LogP contribution in [0, 0.1) is 0 Å². The number of anilines is 1. The number of rotatable bonds is 5. The van der Waals surface area contributed by atoms with Gasteiger partial charge < -0.3 is 15.4 Å². The summed E-state index contributed by atoms with van der Waals surface area (Å²) in [6.07, 6.45) is 3.70. The number of nitrogens with zero attached hydrogens (tertiary/aromatic N) is 3. The molecule has 0 atom stereocenters. The third kappa shape index (κ3) is 4.69. The van der Waals surface area contributed by atoms with Crippen molar-refractivity contribution < 1.29 is 9.53 Å². The summed E-state index contributed by atoms with van der Waals surface area (Å²) >= 11 is 0. The lowest BCUT2D eigenvalue weighted by Crippen LogP contribution is -2.13. The molecule has 2 aromatic heterocycles. The average Bonchev–Trinajstić information content (AvgIpc) is 2.83. The summed E-state index contributed by atoms with van der Waals surface area (Å²) in [6, 6.07) is 5.57. The SMILES string of the molecule is COc1ccc(NC(=O)CCc2cc3n(n2)CCCNC3)cn1.Cl. The van der Waals surface area contributed by atoms with Gasteiger partial charge in [0.25, 0.3) is 0 Å². The molecule has 0 bridgehead atoms. The lowest BCUT2D eigenvalue weighted by Gasteiger charge is -2.05. The zero-order valence-electron chi connectivity index (χ0n) is 13.6. The molecule has 0 radical (unpaired) electrons. The Labute approximate surface area is 147 Å². The summed E-state index contributed by atoms with van der Waals surface area (Å²) in [7, 11) is 1.56. The zero-order chi connectivity index (χ0) is 16.1. The Kier molecular flexibility index (Phi) is 6.57. The molecule has 0 fully saturated rings. The molecule has 1 amide bonds.